The van der Waals surface area contributed by atoms with Crippen molar-refractivity contribution in [2.45, 2.75) is 52.0 Å². The van der Waals surface area contributed by atoms with Crippen molar-refractivity contribution in [3.05, 3.63) is 41.2 Å². The Morgan fingerprint density at radius 3 is 2.64 bits per heavy atom. The van der Waals surface area contributed by atoms with Gasteiger partial charge in [-0.25, -0.2) is 4.68 Å². The Kier molecular flexibility index (Phi) is 5.48. The van der Waals surface area contributed by atoms with Gasteiger partial charge in [-0.2, -0.15) is 0 Å². The minimum absolute atomic E-state index is 0.00363. The fourth-order valence-corrected chi connectivity index (χ4v) is 3.50. The lowest BCUT2D eigenvalue weighted by atomic mass is 9.95. The Balaban J connectivity index is 1.77. The van der Waals surface area contributed by atoms with Crippen LogP contribution in [-0.2, 0) is 0 Å². The van der Waals surface area contributed by atoms with Crippen molar-refractivity contribution in [1.29, 1.82) is 0 Å². The van der Waals surface area contributed by atoms with Gasteiger partial charge in [0.2, 0.25) is 0 Å². The number of hydrogen-bond donors (Lipinski definition) is 2. The number of hydrogen-bond acceptors (Lipinski definition) is 4. The molecule has 0 aliphatic heterocycles. The Bertz CT molecular complexity index is 724. The fourth-order valence-electron chi connectivity index (χ4n) is 3.50. The summed E-state index contributed by atoms with van der Waals surface area (Å²) in [4.78, 5) is 12.7. The van der Waals surface area contributed by atoms with Crippen LogP contribution in [0.5, 0.6) is 0 Å². The Morgan fingerprint density at radius 1 is 1.20 bits per heavy atom. The molecule has 1 amide bonds. The summed E-state index contributed by atoms with van der Waals surface area (Å²) in [6.45, 7) is 3.99. The van der Waals surface area contributed by atoms with Crippen LogP contribution in [0.25, 0.3) is 5.69 Å². The Morgan fingerprint density at radius 2 is 1.92 bits per heavy atom. The highest BCUT2D eigenvalue weighted by atomic mass is 16.3. The van der Waals surface area contributed by atoms with Gasteiger partial charge in [-0.3, -0.25) is 4.79 Å². The summed E-state index contributed by atoms with van der Waals surface area (Å²) in [7, 11) is 0. The Hall–Kier alpha value is -2.21. The zero-order chi connectivity index (χ0) is 17.8. The summed E-state index contributed by atoms with van der Waals surface area (Å²) >= 11 is 0. The molecule has 1 aromatic heterocycles. The molecule has 0 radical (unpaired) electrons. The molecule has 6 heteroatoms. The number of aryl methyl sites for hydroxylation is 1. The van der Waals surface area contributed by atoms with Crippen molar-refractivity contribution in [2.75, 3.05) is 6.61 Å². The summed E-state index contributed by atoms with van der Waals surface area (Å²) < 4.78 is 1.69. The maximum atomic E-state index is 12.7. The highest BCUT2D eigenvalue weighted by Gasteiger charge is 2.27. The number of aliphatic hydroxyl groups is 1. The predicted octanol–water partition coefficient (Wildman–Crippen LogP) is 2.56. The maximum absolute atomic E-state index is 12.7. The molecule has 134 valence electrons. The number of aliphatic hydroxyl groups excluding tert-OH is 1. The van der Waals surface area contributed by atoms with Gasteiger partial charge < -0.3 is 10.4 Å². The van der Waals surface area contributed by atoms with Crippen molar-refractivity contribution in [2.24, 2.45) is 5.92 Å². The molecule has 2 N–H and O–H groups in total. The second-order valence-electron chi connectivity index (χ2n) is 6.93. The third-order valence-corrected chi connectivity index (χ3v) is 5.10. The van der Waals surface area contributed by atoms with Crippen LogP contribution in [-0.4, -0.2) is 38.7 Å². The van der Waals surface area contributed by atoms with Crippen LogP contribution < -0.4 is 5.32 Å². The standard InChI is InChI=1S/C19H26N4O2/c1-13-8-10-16(11-9-13)23-14(2)18(21-22-23)19(25)20-17-7-5-3-4-6-15(17)12-24/h8-11,15,17,24H,3-7,12H2,1-2H3,(H,20,25). The molecule has 25 heavy (non-hydrogen) atoms. The molecule has 2 atom stereocenters. The third-order valence-electron chi connectivity index (χ3n) is 5.10. The molecule has 0 bridgehead atoms. The van der Waals surface area contributed by atoms with Crippen molar-refractivity contribution in [1.82, 2.24) is 20.3 Å². The van der Waals surface area contributed by atoms with Crippen LogP contribution in [0.2, 0.25) is 0 Å². The van der Waals surface area contributed by atoms with E-state index in [2.05, 4.69) is 15.6 Å². The average molecular weight is 342 g/mol. The summed E-state index contributed by atoms with van der Waals surface area (Å²) in [5.41, 5.74) is 3.12. The Labute approximate surface area is 148 Å². The molecule has 0 saturated heterocycles. The molecule has 2 aromatic rings. The molecule has 3 rings (SSSR count). The van der Waals surface area contributed by atoms with Gasteiger partial charge in [0.25, 0.3) is 5.91 Å². The van der Waals surface area contributed by atoms with E-state index in [9.17, 15) is 9.90 Å². The van der Waals surface area contributed by atoms with Crippen LogP contribution in [0.1, 0.15) is 53.8 Å². The summed E-state index contributed by atoms with van der Waals surface area (Å²) in [5.74, 6) is -0.0832. The van der Waals surface area contributed by atoms with Crippen LogP contribution in [0.3, 0.4) is 0 Å². The van der Waals surface area contributed by atoms with Crippen LogP contribution >= 0.6 is 0 Å². The molecule has 1 fully saturated rings. The second kappa shape index (κ2) is 7.78. The van der Waals surface area contributed by atoms with E-state index < -0.39 is 0 Å². The quantitative estimate of drug-likeness (QED) is 0.837. The zero-order valence-corrected chi connectivity index (χ0v) is 14.9. The van der Waals surface area contributed by atoms with E-state index in [1.54, 1.807) is 4.68 Å². The molecule has 1 aromatic carbocycles. The number of benzene rings is 1. The van der Waals surface area contributed by atoms with Crippen molar-refractivity contribution < 1.29 is 9.90 Å². The van der Waals surface area contributed by atoms with Gasteiger partial charge in [-0.05, 0) is 38.8 Å². The van der Waals surface area contributed by atoms with E-state index in [1.807, 2.05) is 38.1 Å². The monoisotopic (exact) mass is 342 g/mol. The highest BCUT2D eigenvalue weighted by Crippen LogP contribution is 2.23. The number of rotatable bonds is 4. The fraction of sp³-hybridized carbons (Fsp3) is 0.526. The van der Waals surface area contributed by atoms with Gasteiger partial charge in [0, 0.05) is 18.6 Å². The van der Waals surface area contributed by atoms with Crippen LogP contribution in [0.15, 0.2) is 24.3 Å². The third kappa shape index (κ3) is 3.90. The van der Waals surface area contributed by atoms with Gasteiger partial charge >= 0.3 is 0 Å². The van der Waals surface area contributed by atoms with Gasteiger partial charge in [-0.15, -0.1) is 5.10 Å². The van der Waals surface area contributed by atoms with E-state index in [0.717, 1.165) is 43.5 Å². The lowest BCUT2D eigenvalue weighted by Gasteiger charge is -2.24. The van der Waals surface area contributed by atoms with Crippen molar-refractivity contribution in [3.63, 3.8) is 0 Å². The average Bonchev–Trinajstić information content (AvgIpc) is 2.85. The van der Waals surface area contributed by atoms with Gasteiger partial charge in [0.1, 0.15) is 0 Å². The first-order valence-electron chi connectivity index (χ1n) is 9.01. The molecular formula is C19H26N4O2. The molecule has 1 aliphatic rings. The number of carbonyl (C=O) groups is 1. The lowest BCUT2D eigenvalue weighted by molar-refractivity contribution is 0.0893. The summed E-state index contributed by atoms with van der Waals surface area (Å²) in [6.07, 6.45) is 5.21. The molecule has 2 unspecified atom stereocenters. The molecule has 1 aliphatic carbocycles. The molecule has 0 spiro atoms. The van der Waals surface area contributed by atoms with E-state index in [-0.39, 0.29) is 24.5 Å². The first kappa shape index (κ1) is 17.6. The molecule has 1 saturated carbocycles. The van der Waals surface area contributed by atoms with E-state index in [1.165, 1.54) is 5.56 Å². The number of carbonyl (C=O) groups excluding carboxylic acids is 1. The first-order valence-corrected chi connectivity index (χ1v) is 9.01. The van der Waals surface area contributed by atoms with Crippen LogP contribution in [0, 0.1) is 19.8 Å². The minimum atomic E-state index is -0.207. The predicted molar refractivity (Wildman–Crippen MR) is 95.7 cm³/mol. The van der Waals surface area contributed by atoms with Crippen molar-refractivity contribution in [3.8, 4) is 5.69 Å². The number of amides is 1. The largest absolute Gasteiger partial charge is 0.396 e. The van der Waals surface area contributed by atoms with Gasteiger partial charge in [-0.1, -0.05) is 42.2 Å². The minimum Gasteiger partial charge on any atom is -0.396 e. The summed E-state index contributed by atoms with van der Waals surface area (Å²) in [5, 5.41) is 20.9. The molecule has 1 heterocycles. The topological polar surface area (TPSA) is 80.0 Å². The summed E-state index contributed by atoms with van der Waals surface area (Å²) in [6, 6.07) is 7.95. The second-order valence-corrected chi connectivity index (χ2v) is 6.93. The van der Waals surface area contributed by atoms with E-state index in [0.29, 0.717) is 5.69 Å². The number of nitrogens with zero attached hydrogens (tertiary/aromatic N) is 3. The van der Waals surface area contributed by atoms with E-state index in [4.69, 9.17) is 0 Å². The van der Waals surface area contributed by atoms with E-state index >= 15 is 0 Å². The molecular weight excluding hydrogens is 316 g/mol. The lowest BCUT2D eigenvalue weighted by Crippen LogP contribution is -2.41. The number of nitrogens with one attached hydrogen (secondary N) is 1. The highest BCUT2D eigenvalue weighted by molar-refractivity contribution is 5.93. The zero-order valence-electron chi connectivity index (χ0n) is 14.9. The smallest absolute Gasteiger partial charge is 0.273 e. The first-order chi connectivity index (χ1) is 12.1. The van der Waals surface area contributed by atoms with Gasteiger partial charge in [0.05, 0.1) is 11.4 Å². The number of aromatic nitrogens is 3. The van der Waals surface area contributed by atoms with Gasteiger partial charge in [0.15, 0.2) is 5.69 Å². The van der Waals surface area contributed by atoms with Crippen molar-refractivity contribution >= 4 is 5.91 Å². The van der Waals surface area contributed by atoms with Crippen LogP contribution in [0.4, 0.5) is 0 Å². The normalized spacial score (nSPS) is 20.9. The molecule has 6 nitrogen and oxygen atoms in total. The maximum Gasteiger partial charge on any atom is 0.273 e. The SMILES string of the molecule is Cc1ccc(-n2nnc(C(=O)NC3CCCCCC3CO)c2C)cc1.